The van der Waals surface area contributed by atoms with Gasteiger partial charge < -0.3 is 19.9 Å². The summed E-state index contributed by atoms with van der Waals surface area (Å²) in [7, 11) is 3.04. The normalized spacial score (nSPS) is 11.8. The van der Waals surface area contributed by atoms with Crippen molar-refractivity contribution in [3.05, 3.63) is 23.8 Å². The van der Waals surface area contributed by atoms with Crippen LogP contribution in [0.3, 0.4) is 0 Å². The Morgan fingerprint density at radius 2 is 2.11 bits per heavy atom. The minimum atomic E-state index is -0.268. The maximum atomic E-state index is 12.0. The van der Waals surface area contributed by atoms with Crippen LogP contribution in [0.2, 0.25) is 0 Å². The van der Waals surface area contributed by atoms with Crippen LogP contribution in [-0.2, 0) is 0 Å². The van der Waals surface area contributed by atoms with E-state index < -0.39 is 0 Å². The topological polar surface area (TPSA) is 67.8 Å². The molecule has 0 heterocycles. The van der Waals surface area contributed by atoms with Crippen molar-refractivity contribution in [3.8, 4) is 11.5 Å². The fraction of sp³-hybridized carbons (Fsp3) is 0.462. The lowest BCUT2D eigenvalue weighted by molar-refractivity contribution is 0.0912. The number of aliphatic hydroxyl groups excluding tert-OH is 1. The van der Waals surface area contributed by atoms with Crippen LogP contribution in [0, 0.1) is 0 Å². The summed E-state index contributed by atoms with van der Waals surface area (Å²) < 4.78 is 10.2. The number of amides is 1. The highest BCUT2D eigenvalue weighted by Crippen LogP contribution is 2.24. The zero-order valence-electron chi connectivity index (χ0n) is 10.9. The molecule has 0 saturated heterocycles. The summed E-state index contributed by atoms with van der Waals surface area (Å²) in [6.07, 6.45) is 0.667. The number of hydrogen-bond donors (Lipinski definition) is 2. The van der Waals surface area contributed by atoms with Gasteiger partial charge in [0.25, 0.3) is 5.91 Å². The van der Waals surface area contributed by atoms with Gasteiger partial charge in [-0.1, -0.05) is 6.92 Å². The third-order valence-electron chi connectivity index (χ3n) is 2.70. The summed E-state index contributed by atoms with van der Waals surface area (Å²) in [5.41, 5.74) is 0.421. The van der Waals surface area contributed by atoms with Gasteiger partial charge in [-0.25, -0.2) is 0 Å². The van der Waals surface area contributed by atoms with Gasteiger partial charge in [-0.3, -0.25) is 4.79 Å². The molecule has 1 aromatic rings. The van der Waals surface area contributed by atoms with E-state index in [9.17, 15) is 4.79 Å². The second-order valence-electron chi connectivity index (χ2n) is 3.83. The maximum Gasteiger partial charge on any atom is 0.255 e. The zero-order chi connectivity index (χ0) is 13.5. The zero-order valence-corrected chi connectivity index (χ0v) is 10.9. The number of carbonyl (C=O) groups excluding carboxylic acids is 1. The van der Waals surface area contributed by atoms with E-state index in [-0.39, 0.29) is 18.6 Å². The van der Waals surface area contributed by atoms with Crippen molar-refractivity contribution in [2.24, 2.45) is 0 Å². The van der Waals surface area contributed by atoms with Gasteiger partial charge in [0.15, 0.2) is 0 Å². The smallest absolute Gasteiger partial charge is 0.255 e. The third kappa shape index (κ3) is 3.37. The molecule has 0 radical (unpaired) electrons. The minimum absolute atomic E-state index is 0.0826. The van der Waals surface area contributed by atoms with Gasteiger partial charge in [0.2, 0.25) is 0 Å². The van der Waals surface area contributed by atoms with E-state index in [4.69, 9.17) is 14.6 Å². The molecule has 0 aliphatic heterocycles. The first-order valence-electron chi connectivity index (χ1n) is 5.80. The predicted molar refractivity (Wildman–Crippen MR) is 68.2 cm³/mol. The first-order valence-corrected chi connectivity index (χ1v) is 5.80. The molecule has 0 aliphatic rings. The van der Waals surface area contributed by atoms with Gasteiger partial charge in [-0.2, -0.15) is 0 Å². The fourth-order valence-electron chi connectivity index (χ4n) is 1.53. The molecule has 0 aliphatic carbocycles. The van der Waals surface area contributed by atoms with Crippen LogP contribution in [-0.4, -0.2) is 37.9 Å². The van der Waals surface area contributed by atoms with Crippen molar-refractivity contribution in [1.29, 1.82) is 0 Å². The molecule has 0 saturated carbocycles. The molecule has 0 fully saturated rings. The Bertz CT molecular complexity index is 402. The van der Waals surface area contributed by atoms with Crippen LogP contribution < -0.4 is 14.8 Å². The highest BCUT2D eigenvalue weighted by molar-refractivity contribution is 5.97. The van der Waals surface area contributed by atoms with E-state index in [0.717, 1.165) is 0 Å². The van der Waals surface area contributed by atoms with Gasteiger partial charge in [-0.15, -0.1) is 0 Å². The second-order valence-corrected chi connectivity index (χ2v) is 3.83. The van der Waals surface area contributed by atoms with Crippen molar-refractivity contribution in [2.75, 3.05) is 20.8 Å². The molecule has 100 valence electrons. The molecule has 1 aromatic carbocycles. The molecule has 0 spiro atoms. The molecule has 5 nitrogen and oxygen atoms in total. The molecule has 2 N–H and O–H groups in total. The largest absolute Gasteiger partial charge is 0.497 e. The standard InChI is InChI=1S/C13H19NO4/c1-4-9(8-15)14-13(16)11-6-5-10(17-2)7-12(11)18-3/h5-7,9,15H,4,8H2,1-3H3,(H,14,16)/t9-/m1/s1. The molecule has 1 atom stereocenters. The summed E-state index contributed by atoms with van der Waals surface area (Å²) in [6, 6.07) is 4.73. The lowest BCUT2D eigenvalue weighted by Crippen LogP contribution is -2.37. The molecule has 5 heteroatoms. The van der Waals surface area contributed by atoms with Crippen LogP contribution in [0.25, 0.3) is 0 Å². The molecule has 0 unspecified atom stereocenters. The summed E-state index contributed by atoms with van der Waals surface area (Å²) in [5, 5.41) is 11.8. The monoisotopic (exact) mass is 253 g/mol. The van der Waals surface area contributed by atoms with Gasteiger partial charge in [-0.05, 0) is 18.6 Å². The fourth-order valence-corrected chi connectivity index (χ4v) is 1.53. The number of ether oxygens (including phenoxy) is 2. The van der Waals surface area contributed by atoms with Crippen molar-refractivity contribution in [2.45, 2.75) is 19.4 Å². The summed E-state index contributed by atoms with van der Waals surface area (Å²) >= 11 is 0. The van der Waals surface area contributed by atoms with Gasteiger partial charge in [0.05, 0.1) is 32.4 Å². The van der Waals surface area contributed by atoms with E-state index in [1.54, 1.807) is 25.3 Å². The SMILES string of the molecule is CC[C@H](CO)NC(=O)c1ccc(OC)cc1OC. The molecule has 0 aromatic heterocycles. The van der Waals surface area contributed by atoms with E-state index in [1.165, 1.54) is 7.11 Å². The van der Waals surface area contributed by atoms with E-state index >= 15 is 0 Å². The van der Waals surface area contributed by atoms with E-state index in [1.807, 2.05) is 6.92 Å². The highest BCUT2D eigenvalue weighted by atomic mass is 16.5. The molecule has 0 bridgehead atoms. The Morgan fingerprint density at radius 1 is 1.39 bits per heavy atom. The van der Waals surface area contributed by atoms with Crippen molar-refractivity contribution in [3.63, 3.8) is 0 Å². The summed E-state index contributed by atoms with van der Waals surface area (Å²) in [4.78, 5) is 12.0. The number of aliphatic hydroxyl groups is 1. The predicted octanol–water partition coefficient (Wildman–Crippen LogP) is 1.20. The number of rotatable bonds is 6. The third-order valence-corrected chi connectivity index (χ3v) is 2.70. The van der Waals surface area contributed by atoms with Gasteiger partial charge in [0, 0.05) is 6.07 Å². The number of benzene rings is 1. The second kappa shape index (κ2) is 6.86. The van der Waals surface area contributed by atoms with Gasteiger partial charge >= 0.3 is 0 Å². The first-order chi connectivity index (χ1) is 8.65. The number of hydrogen-bond acceptors (Lipinski definition) is 4. The van der Waals surface area contributed by atoms with Crippen molar-refractivity contribution in [1.82, 2.24) is 5.32 Å². The molecular formula is C13H19NO4. The van der Waals surface area contributed by atoms with Gasteiger partial charge in [0.1, 0.15) is 11.5 Å². The molecule has 18 heavy (non-hydrogen) atoms. The Labute approximate surface area is 107 Å². The van der Waals surface area contributed by atoms with Crippen LogP contribution in [0.1, 0.15) is 23.7 Å². The lowest BCUT2D eigenvalue weighted by Gasteiger charge is -2.15. The first kappa shape index (κ1) is 14.3. The quantitative estimate of drug-likeness (QED) is 0.799. The average molecular weight is 253 g/mol. The molecule has 1 amide bonds. The Hall–Kier alpha value is -1.75. The number of carbonyl (C=O) groups is 1. The number of methoxy groups -OCH3 is 2. The van der Waals surface area contributed by atoms with Crippen LogP contribution in [0.5, 0.6) is 11.5 Å². The average Bonchev–Trinajstić information content (AvgIpc) is 2.43. The van der Waals surface area contributed by atoms with Crippen LogP contribution in [0.15, 0.2) is 18.2 Å². The summed E-state index contributed by atoms with van der Waals surface area (Å²) in [6.45, 7) is 1.81. The summed E-state index contributed by atoms with van der Waals surface area (Å²) in [5.74, 6) is 0.799. The Morgan fingerprint density at radius 3 is 2.61 bits per heavy atom. The van der Waals surface area contributed by atoms with Crippen molar-refractivity contribution >= 4 is 5.91 Å². The highest BCUT2D eigenvalue weighted by Gasteiger charge is 2.16. The minimum Gasteiger partial charge on any atom is -0.497 e. The van der Waals surface area contributed by atoms with E-state index in [0.29, 0.717) is 23.5 Å². The maximum absolute atomic E-state index is 12.0. The Kier molecular flexibility index (Phi) is 5.45. The molecular weight excluding hydrogens is 234 g/mol. The van der Waals surface area contributed by atoms with Crippen molar-refractivity contribution < 1.29 is 19.4 Å². The van der Waals surface area contributed by atoms with Crippen LogP contribution in [0.4, 0.5) is 0 Å². The lowest BCUT2D eigenvalue weighted by atomic mass is 10.1. The van der Waals surface area contributed by atoms with Crippen LogP contribution >= 0.6 is 0 Å². The number of nitrogens with one attached hydrogen (secondary N) is 1. The molecule has 1 rings (SSSR count). The Balaban J connectivity index is 2.91. The van der Waals surface area contributed by atoms with E-state index in [2.05, 4.69) is 5.32 Å².